The van der Waals surface area contributed by atoms with Gasteiger partial charge in [0.2, 0.25) is 5.91 Å². The van der Waals surface area contributed by atoms with Crippen molar-refractivity contribution < 1.29 is 9.59 Å². The molecule has 1 aromatic heterocycles. The van der Waals surface area contributed by atoms with Crippen molar-refractivity contribution in [3.63, 3.8) is 0 Å². The first-order valence-electron chi connectivity index (χ1n) is 4.01. The fraction of sp³-hybridized carbons (Fsp3) is 0.375. The van der Waals surface area contributed by atoms with E-state index in [4.69, 9.17) is 5.73 Å². The topological polar surface area (TPSA) is 85.1 Å². The van der Waals surface area contributed by atoms with Gasteiger partial charge in [-0.15, -0.1) is 0 Å². The number of hydrogen-bond acceptors (Lipinski definition) is 5. The van der Waals surface area contributed by atoms with Crippen LogP contribution in [0.4, 0.5) is 5.00 Å². The van der Waals surface area contributed by atoms with Gasteiger partial charge in [0, 0.05) is 0 Å². The Bertz CT molecular complexity index is 373. The van der Waals surface area contributed by atoms with Crippen LogP contribution >= 0.6 is 11.5 Å². The summed E-state index contributed by atoms with van der Waals surface area (Å²) < 4.78 is 4.02. The van der Waals surface area contributed by atoms with E-state index in [1.807, 2.05) is 0 Å². The third-order valence-electron chi connectivity index (χ3n) is 1.64. The number of rotatable bonds is 4. The Morgan fingerprint density at radius 3 is 2.71 bits per heavy atom. The largest absolute Gasteiger partial charge is 0.368 e. The van der Waals surface area contributed by atoms with Gasteiger partial charge in [-0.1, -0.05) is 0 Å². The predicted octanol–water partition coefficient (Wildman–Crippen LogP) is 0.551. The lowest BCUT2D eigenvalue weighted by molar-refractivity contribution is -0.116. The summed E-state index contributed by atoms with van der Waals surface area (Å²) in [5.74, 6) is -0.534. The Kier molecular flexibility index (Phi) is 3.19. The molecule has 76 valence electrons. The van der Waals surface area contributed by atoms with Crippen LogP contribution in [-0.2, 0) is 4.79 Å². The molecule has 6 heteroatoms. The van der Waals surface area contributed by atoms with Crippen LogP contribution in [-0.4, -0.2) is 22.6 Å². The minimum Gasteiger partial charge on any atom is -0.368 e. The van der Waals surface area contributed by atoms with E-state index >= 15 is 0 Å². The third-order valence-corrected chi connectivity index (χ3v) is 2.53. The van der Waals surface area contributed by atoms with Gasteiger partial charge in [-0.2, -0.15) is 4.37 Å². The van der Waals surface area contributed by atoms with Gasteiger partial charge in [0.15, 0.2) is 5.78 Å². The molecule has 3 N–H and O–H groups in total. The lowest BCUT2D eigenvalue weighted by atomic mass is 10.2. The Morgan fingerprint density at radius 2 is 2.21 bits per heavy atom. The second-order valence-electron chi connectivity index (χ2n) is 2.85. The van der Waals surface area contributed by atoms with Gasteiger partial charge in [0.05, 0.1) is 17.8 Å². The van der Waals surface area contributed by atoms with Crippen LogP contribution < -0.4 is 11.1 Å². The zero-order valence-electron chi connectivity index (χ0n) is 7.96. The maximum absolute atomic E-state index is 11.2. The van der Waals surface area contributed by atoms with E-state index in [0.717, 1.165) is 11.5 Å². The molecule has 0 aromatic carbocycles. The molecule has 0 radical (unpaired) electrons. The molecule has 0 aliphatic heterocycles. The number of nitrogens with two attached hydrogens (primary N) is 1. The van der Waals surface area contributed by atoms with Crippen LogP contribution in [0.15, 0.2) is 0 Å². The number of ketones is 1. The number of Topliss-reactive ketones (excluding diaryl/α,β-unsaturated/α-hetero) is 1. The SMILES string of the molecule is CC(=O)c1c(C)nsc1NCC(N)=O. The maximum Gasteiger partial charge on any atom is 0.236 e. The molecule has 0 atom stereocenters. The van der Waals surface area contributed by atoms with E-state index in [-0.39, 0.29) is 12.3 Å². The van der Waals surface area contributed by atoms with Crippen LogP contribution in [0.5, 0.6) is 0 Å². The minimum absolute atomic E-state index is 0.0158. The fourth-order valence-electron chi connectivity index (χ4n) is 1.07. The van der Waals surface area contributed by atoms with Gasteiger partial charge >= 0.3 is 0 Å². The van der Waals surface area contributed by atoms with E-state index < -0.39 is 5.91 Å². The fourth-order valence-corrected chi connectivity index (χ4v) is 1.91. The standard InChI is InChI=1S/C8H11N3O2S/c1-4-7(5(2)12)8(14-11-4)10-3-6(9)13/h10H,3H2,1-2H3,(H2,9,13). The van der Waals surface area contributed by atoms with Crippen LogP contribution in [0.2, 0.25) is 0 Å². The normalized spacial score (nSPS) is 9.86. The number of carbonyl (C=O) groups is 2. The van der Waals surface area contributed by atoms with Gasteiger partial charge in [-0.25, -0.2) is 0 Å². The second kappa shape index (κ2) is 4.19. The molecule has 0 saturated heterocycles. The Balaban J connectivity index is 2.86. The molecular formula is C8H11N3O2S. The molecule has 14 heavy (non-hydrogen) atoms. The van der Waals surface area contributed by atoms with Crippen molar-refractivity contribution in [2.75, 3.05) is 11.9 Å². The maximum atomic E-state index is 11.2. The summed E-state index contributed by atoms with van der Waals surface area (Å²) in [6.07, 6.45) is 0. The van der Waals surface area contributed by atoms with E-state index in [2.05, 4.69) is 9.69 Å². The lowest BCUT2D eigenvalue weighted by Crippen LogP contribution is -2.22. The highest BCUT2D eigenvalue weighted by Gasteiger charge is 2.14. The van der Waals surface area contributed by atoms with Gasteiger partial charge in [0.25, 0.3) is 0 Å². The summed E-state index contributed by atoms with van der Waals surface area (Å²) >= 11 is 1.16. The number of aryl methyl sites for hydroxylation is 1. The lowest BCUT2D eigenvalue weighted by Gasteiger charge is -2.01. The first-order chi connectivity index (χ1) is 6.52. The summed E-state index contributed by atoms with van der Waals surface area (Å²) in [7, 11) is 0. The molecule has 0 aliphatic carbocycles. The zero-order chi connectivity index (χ0) is 10.7. The molecule has 0 saturated carbocycles. The van der Waals surface area contributed by atoms with Crippen molar-refractivity contribution in [3.8, 4) is 0 Å². The van der Waals surface area contributed by atoms with Crippen molar-refractivity contribution in [1.29, 1.82) is 0 Å². The number of carbonyl (C=O) groups excluding carboxylic acids is 2. The van der Waals surface area contributed by atoms with Crippen LogP contribution in [0.25, 0.3) is 0 Å². The Morgan fingerprint density at radius 1 is 1.57 bits per heavy atom. The molecule has 1 aromatic rings. The summed E-state index contributed by atoms with van der Waals surface area (Å²) in [4.78, 5) is 21.7. The number of primary amides is 1. The van der Waals surface area contributed by atoms with E-state index in [0.29, 0.717) is 16.3 Å². The highest BCUT2D eigenvalue weighted by Crippen LogP contribution is 2.24. The molecule has 1 heterocycles. The van der Waals surface area contributed by atoms with Crippen molar-refractivity contribution in [2.45, 2.75) is 13.8 Å². The van der Waals surface area contributed by atoms with Crippen molar-refractivity contribution in [3.05, 3.63) is 11.3 Å². The third kappa shape index (κ3) is 2.29. The van der Waals surface area contributed by atoms with Gasteiger partial charge in [-0.05, 0) is 25.4 Å². The number of anilines is 1. The second-order valence-corrected chi connectivity index (χ2v) is 3.62. The van der Waals surface area contributed by atoms with Gasteiger partial charge < -0.3 is 11.1 Å². The Labute approximate surface area is 85.5 Å². The number of amides is 1. The van der Waals surface area contributed by atoms with Crippen molar-refractivity contribution in [2.24, 2.45) is 5.73 Å². The smallest absolute Gasteiger partial charge is 0.236 e. The summed E-state index contributed by atoms with van der Waals surface area (Å²) in [5, 5.41) is 3.38. The first-order valence-corrected chi connectivity index (χ1v) is 4.79. The van der Waals surface area contributed by atoms with Crippen molar-refractivity contribution >= 4 is 28.2 Å². The van der Waals surface area contributed by atoms with Gasteiger partial charge in [-0.3, -0.25) is 9.59 Å². The summed E-state index contributed by atoms with van der Waals surface area (Å²) in [5.41, 5.74) is 6.18. The average molecular weight is 213 g/mol. The molecule has 0 aliphatic rings. The number of nitrogens with zero attached hydrogens (tertiary/aromatic N) is 1. The Hall–Kier alpha value is -1.43. The van der Waals surface area contributed by atoms with Crippen molar-refractivity contribution in [1.82, 2.24) is 4.37 Å². The molecule has 1 amide bonds. The predicted molar refractivity (Wildman–Crippen MR) is 54.5 cm³/mol. The molecule has 1 rings (SSSR count). The first kappa shape index (κ1) is 10.6. The molecule has 0 unspecified atom stereocenters. The van der Waals surface area contributed by atoms with E-state index in [1.165, 1.54) is 6.92 Å². The van der Waals surface area contributed by atoms with Gasteiger partial charge in [0.1, 0.15) is 5.00 Å². The molecule has 0 fully saturated rings. The average Bonchev–Trinajstić information content (AvgIpc) is 2.43. The van der Waals surface area contributed by atoms with E-state index in [9.17, 15) is 9.59 Å². The molecule has 0 bridgehead atoms. The highest BCUT2D eigenvalue weighted by atomic mass is 32.1. The summed E-state index contributed by atoms with van der Waals surface area (Å²) in [6, 6.07) is 0. The summed E-state index contributed by atoms with van der Waals surface area (Å²) in [6.45, 7) is 3.23. The number of nitrogens with one attached hydrogen (secondary N) is 1. The quantitative estimate of drug-likeness (QED) is 0.715. The van der Waals surface area contributed by atoms with Crippen LogP contribution in [0, 0.1) is 6.92 Å². The molecule has 5 nitrogen and oxygen atoms in total. The van der Waals surface area contributed by atoms with Crippen LogP contribution in [0.1, 0.15) is 23.0 Å². The van der Waals surface area contributed by atoms with Crippen LogP contribution in [0.3, 0.4) is 0 Å². The molecule has 0 spiro atoms. The highest BCUT2D eigenvalue weighted by molar-refractivity contribution is 7.10. The molecular weight excluding hydrogens is 202 g/mol. The number of hydrogen-bond donors (Lipinski definition) is 2. The number of aromatic nitrogens is 1. The minimum atomic E-state index is -0.467. The zero-order valence-corrected chi connectivity index (χ0v) is 8.77. The van der Waals surface area contributed by atoms with E-state index in [1.54, 1.807) is 6.92 Å². The monoisotopic (exact) mass is 213 g/mol.